The molecule has 24 heavy (non-hydrogen) atoms. The molecule has 0 aliphatic rings. The summed E-state index contributed by atoms with van der Waals surface area (Å²) in [7, 11) is 0. The maximum atomic E-state index is 2.32. The standard InChI is InChI=1S/C24H42/c1-3-5-6-7-8-9-10-11-12-13-14-15-16-17-18-24-21-19-23(4-2)20-22-24/h19-22H,3-18H2,1-2H3. The molecule has 0 heteroatoms. The van der Waals surface area contributed by atoms with Crippen molar-refractivity contribution in [2.75, 3.05) is 0 Å². The van der Waals surface area contributed by atoms with Gasteiger partial charge in [-0.2, -0.15) is 0 Å². The third-order valence-corrected chi connectivity index (χ3v) is 5.25. The van der Waals surface area contributed by atoms with Gasteiger partial charge in [0.15, 0.2) is 0 Å². The Morgan fingerprint density at radius 1 is 0.458 bits per heavy atom. The van der Waals surface area contributed by atoms with Crippen molar-refractivity contribution in [3.8, 4) is 0 Å². The third-order valence-electron chi connectivity index (χ3n) is 5.25. The summed E-state index contributed by atoms with van der Waals surface area (Å²) < 4.78 is 0. The van der Waals surface area contributed by atoms with Gasteiger partial charge < -0.3 is 0 Å². The Balaban J connectivity index is 1.80. The van der Waals surface area contributed by atoms with E-state index < -0.39 is 0 Å². The van der Waals surface area contributed by atoms with Crippen LogP contribution in [0.3, 0.4) is 0 Å². The van der Waals surface area contributed by atoms with E-state index in [-0.39, 0.29) is 0 Å². The lowest BCUT2D eigenvalue weighted by atomic mass is 10.0. The Morgan fingerprint density at radius 2 is 0.833 bits per heavy atom. The largest absolute Gasteiger partial charge is 0.0654 e. The Morgan fingerprint density at radius 3 is 1.25 bits per heavy atom. The maximum absolute atomic E-state index is 2.32. The fourth-order valence-electron chi connectivity index (χ4n) is 3.47. The van der Waals surface area contributed by atoms with Gasteiger partial charge in [-0.1, -0.05) is 122 Å². The van der Waals surface area contributed by atoms with Crippen LogP contribution in [0, 0.1) is 0 Å². The van der Waals surface area contributed by atoms with E-state index >= 15 is 0 Å². The smallest absolute Gasteiger partial charge is 0.0279 e. The summed E-state index contributed by atoms with van der Waals surface area (Å²) in [5.41, 5.74) is 2.98. The molecule has 1 aromatic rings. The summed E-state index contributed by atoms with van der Waals surface area (Å²) in [6.07, 6.45) is 22.6. The zero-order valence-corrected chi connectivity index (χ0v) is 16.6. The fraction of sp³-hybridized carbons (Fsp3) is 0.750. The van der Waals surface area contributed by atoms with Gasteiger partial charge in [-0.3, -0.25) is 0 Å². The molecule has 0 amide bonds. The minimum absolute atomic E-state index is 1.15. The normalized spacial score (nSPS) is 11.1. The molecule has 1 aromatic carbocycles. The van der Waals surface area contributed by atoms with Crippen LogP contribution < -0.4 is 0 Å². The molecule has 0 aliphatic heterocycles. The fourth-order valence-corrected chi connectivity index (χ4v) is 3.47. The van der Waals surface area contributed by atoms with E-state index in [1.165, 1.54) is 107 Å². The monoisotopic (exact) mass is 330 g/mol. The van der Waals surface area contributed by atoms with E-state index in [4.69, 9.17) is 0 Å². The van der Waals surface area contributed by atoms with Crippen molar-refractivity contribution in [1.82, 2.24) is 0 Å². The number of hydrogen-bond acceptors (Lipinski definition) is 0. The van der Waals surface area contributed by atoms with E-state index in [0.717, 1.165) is 6.42 Å². The Hall–Kier alpha value is -0.780. The van der Waals surface area contributed by atoms with Crippen LogP contribution in [0.15, 0.2) is 24.3 Å². The first-order valence-corrected chi connectivity index (χ1v) is 10.9. The van der Waals surface area contributed by atoms with Gasteiger partial charge in [0.2, 0.25) is 0 Å². The van der Waals surface area contributed by atoms with Crippen LogP contribution in [0.1, 0.15) is 115 Å². The highest BCUT2D eigenvalue weighted by molar-refractivity contribution is 5.22. The van der Waals surface area contributed by atoms with Gasteiger partial charge in [-0.05, 0) is 30.4 Å². The van der Waals surface area contributed by atoms with Gasteiger partial charge in [-0.25, -0.2) is 0 Å². The van der Waals surface area contributed by atoms with Crippen LogP contribution in [-0.2, 0) is 12.8 Å². The van der Waals surface area contributed by atoms with Crippen molar-refractivity contribution in [3.05, 3.63) is 35.4 Å². The average Bonchev–Trinajstić information content (AvgIpc) is 2.62. The minimum atomic E-state index is 1.15. The molecular formula is C24H42. The van der Waals surface area contributed by atoms with Crippen LogP contribution in [0.4, 0.5) is 0 Å². The van der Waals surface area contributed by atoms with Gasteiger partial charge >= 0.3 is 0 Å². The van der Waals surface area contributed by atoms with E-state index in [9.17, 15) is 0 Å². The molecule has 0 aliphatic carbocycles. The molecule has 0 radical (unpaired) electrons. The van der Waals surface area contributed by atoms with Crippen molar-refractivity contribution in [1.29, 1.82) is 0 Å². The molecule has 0 saturated carbocycles. The van der Waals surface area contributed by atoms with Crippen molar-refractivity contribution in [2.45, 2.75) is 117 Å². The molecule has 0 saturated heterocycles. The van der Waals surface area contributed by atoms with Gasteiger partial charge in [-0.15, -0.1) is 0 Å². The number of hydrogen-bond donors (Lipinski definition) is 0. The molecular weight excluding hydrogens is 288 g/mol. The number of unbranched alkanes of at least 4 members (excludes halogenated alkanes) is 13. The van der Waals surface area contributed by atoms with Crippen LogP contribution >= 0.6 is 0 Å². The van der Waals surface area contributed by atoms with Crippen molar-refractivity contribution >= 4 is 0 Å². The molecule has 0 aromatic heterocycles. The molecule has 0 unspecified atom stereocenters. The first-order chi connectivity index (χ1) is 11.9. The van der Waals surface area contributed by atoms with Gasteiger partial charge in [0, 0.05) is 0 Å². The Bertz CT molecular complexity index is 362. The maximum Gasteiger partial charge on any atom is -0.0279 e. The SMILES string of the molecule is CCCCCCCCCCCCCCCCc1ccc(CC)cc1. The van der Waals surface area contributed by atoms with Gasteiger partial charge in [0.05, 0.1) is 0 Å². The van der Waals surface area contributed by atoms with E-state index in [2.05, 4.69) is 38.1 Å². The molecule has 0 heterocycles. The lowest BCUT2D eigenvalue weighted by molar-refractivity contribution is 0.535. The van der Waals surface area contributed by atoms with Crippen LogP contribution in [0.2, 0.25) is 0 Å². The van der Waals surface area contributed by atoms with E-state index in [0.29, 0.717) is 0 Å². The van der Waals surface area contributed by atoms with Crippen LogP contribution in [-0.4, -0.2) is 0 Å². The predicted octanol–water partition coefficient (Wildman–Crippen LogP) is 8.27. The van der Waals surface area contributed by atoms with Crippen LogP contribution in [0.25, 0.3) is 0 Å². The zero-order chi connectivity index (χ0) is 17.3. The molecule has 0 spiro atoms. The first-order valence-electron chi connectivity index (χ1n) is 10.9. The Kier molecular flexibility index (Phi) is 13.9. The molecule has 0 nitrogen and oxygen atoms in total. The molecule has 0 N–H and O–H groups in total. The second kappa shape index (κ2) is 15.7. The molecule has 0 fully saturated rings. The summed E-state index contributed by atoms with van der Waals surface area (Å²) in [6, 6.07) is 9.22. The van der Waals surface area contributed by atoms with E-state index in [1.807, 2.05) is 0 Å². The average molecular weight is 331 g/mol. The summed E-state index contributed by atoms with van der Waals surface area (Å²) in [6.45, 7) is 4.52. The number of aryl methyl sites for hydroxylation is 2. The molecule has 0 atom stereocenters. The molecule has 0 bridgehead atoms. The lowest BCUT2D eigenvalue weighted by Crippen LogP contribution is -1.88. The second-order valence-corrected chi connectivity index (χ2v) is 7.52. The van der Waals surface area contributed by atoms with Crippen LogP contribution in [0.5, 0.6) is 0 Å². The summed E-state index contributed by atoms with van der Waals surface area (Å²) in [5, 5.41) is 0. The minimum Gasteiger partial charge on any atom is -0.0654 e. The second-order valence-electron chi connectivity index (χ2n) is 7.52. The molecule has 1 rings (SSSR count). The highest BCUT2D eigenvalue weighted by atomic mass is 14.0. The summed E-state index contributed by atoms with van der Waals surface area (Å²) in [4.78, 5) is 0. The van der Waals surface area contributed by atoms with Gasteiger partial charge in [0.1, 0.15) is 0 Å². The third kappa shape index (κ3) is 11.7. The highest BCUT2D eigenvalue weighted by Crippen LogP contribution is 2.14. The molecule has 138 valence electrons. The predicted molar refractivity (Wildman–Crippen MR) is 110 cm³/mol. The lowest BCUT2D eigenvalue weighted by Gasteiger charge is -2.04. The van der Waals surface area contributed by atoms with Crippen molar-refractivity contribution < 1.29 is 0 Å². The van der Waals surface area contributed by atoms with E-state index in [1.54, 1.807) is 0 Å². The quantitative estimate of drug-likeness (QED) is 0.267. The number of rotatable bonds is 16. The van der Waals surface area contributed by atoms with Crippen molar-refractivity contribution in [2.24, 2.45) is 0 Å². The highest BCUT2D eigenvalue weighted by Gasteiger charge is 1.96. The summed E-state index contributed by atoms with van der Waals surface area (Å²) in [5.74, 6) is 0. The Labute approximate surface area is 152 Å². The first kappa shape index (κ1) is 21.3. The topological polar surface area (TPSA) is 0 Å². The number of benzene rings is 1. The van der Waals surface area contributed by atoms with Crippen molar-refractivity contribution in [3.63, 3.8) is 0 Å². The summed E-state index contributed by atoms with van der Waals surface area (Å²) >= 11 is 0. The van der Waals surface area contributed by atoms with Gasteiger partial charge in [0.25, 0.3) is 0 Å². The zero-order valence-electron chi connectivity index (χ0n) is 16.6.